The summed E-state index contributed by atoms with van der Waals surface area (Å²) in [7, 11) is 0. The molecule has 0 spiro atoms. The van der Waals surface area contributed by atoms with Crippen molar-refractivity contribution in [1.29, 1.82) is 0 Å². The van der Waals surface area contributed by atoms with Gasteiger partial charge in [0, 0.05) is 6.07 Å². The van der Waals surface area contributed by atoms with E-state index in [0.29, 0.717) is 11.5 Å². The topological polar surface area (TPSA) is 88.5 Å². The average molecular weight is 338 g/mol. The SMILES string of the molecule is O=C(NC[C@](O)(c1ccccc1)C1CC1)c1cc(-c2ccco2)on1. The van der Waals surface area contributed by atoms with E-state index >= 15 is 0 Å². The molecule has 128 valence electrons. The average Bonchev–Trinajstić information content (AvgIpc) is 3.16. The van der Waals surface area contributed by atoms with Crippen molar-refractivity contribution in [3.63, 3.8) is 0 Å². The summed E-state index contributed by atoms with van der Waals surface area (Å²) in [5, 5.41) is 17.7. The van der Waals surface area contributed by atoms with Gasteiger partial charge < -0.3 is 19.4 Å². The Kier molecular flexibility index (Phi) is 3.89. The number of nitrogens with zero attached hydrogens (tertiary/aromatic N) is 1. The maximum absolute atomic E-state index is 12.4. The van der Waals surface area contributed by atoms with Crippen LogP contribution in [0.25, 0.3) is 11.5 Å². The Balaban J connectivity index is 1.47. The van der Waals surface area contributed by atoms with Crippen molar-refractivity contribution in [2.24, 2.45) is 5.92 Å². The quantitative estimate of drug-likeness (QED) is 0.721. The summed E-state index contributed by atoms with van der Waals surface area (Å²) in [6, 6.07) is 14.4. The van der Waals surface area contributed by atoms with E-state index in [4.69, 9.17) is 8.94 Å². The lowest BCUT2D eigenvalue weighted by molar-refractivity contribution is 0.0134. The van der Waals surface area contributed by atoms with Gasteiger partial charge in [0.25, 0.3) is 5.91 Å². The highest BCUT2D eigenvalue weighted by Gasteiger charge is 2.45. The number of aliphatic hydroxyl groups is 1. The van der Waals surface area contributed by atoms with E-state index in [1.807, 2.05) is 30.3 Å². The fourth-order valence-corrected chi connectivity index (χ4v) is 2.99. The van der Waals surface area contributed by atoms with E-state index in [2.05, 4.69) is 10.5 Å². The van der Waals surface area contributed by atoms with E-state index in [-0.39, 0.29) is 18.2 Å². The van der Waals surface area contributed by atoms with Crippen LogP contribution < -0.4 is 5.32 Å². The van der Waals surface area contributed by atoms with Gasteiger partial charge in [0.1, 0.15) is 5.60 Å². The first-order valence-corrected chi connectivity index (χ1v) is 8.23. The molecule has 1 aromatic carbocycles. The Bertz CT molecular complexity index is 853. The first kappa shape index (κ1) is 15.7. The van der Waals surface area contributed by atoms with Crippen molar-refractivity contribution >= 4 is 5.91 Å². The summed E-state index contributed by atoms with van der Waals surface area (Å²) in [6.45, 7) is 0.128. The molecule has 2 heterocycles. The number of amides is 1. The highest BCUT2D eigenvalue weighted by atomic mass is 16.5. The predicted molar refractivity (Wildman–Crippen MR) is 89.6 cm³/mol. The Morgan fingerprint density at radius 2 is 2.00 bits per heavy atom. The predicted octanol–water partition coefficient (Wildman–Crippen LogP) is 2.96. The maximum atomic E-state index is 12.4. The molecule has 0 radical (unpaired) electrons. The second-order valence-electron chi connectivity index (χ2n) is 6.30. The third kappa shape index (κ3) is 3.08. The minimum atomic E-state index is -1.06. The molecule has 1 fully saturated rings. The summed E-state index contributed by atoms with van der Waals surface area (Å²) < 4.78 is 10.4. The number of furan rings is 1. The normalized spacial score (nSPS) is 16.4. The first-order valence-electron chi connectivity index (χ1n) is 8.23. The van der Waals surface area contributed by atoms with Crippen LogP contribution in [0.15, 0.2) is 63.7 Å². The van der Waals surface area contributed by atoms with Gasteiger partial charge in [-0.2, -0.15) is 0 Å². The largest absolute Gasteiger partial charge is 0.461 e. The summed E-state index contributed by atoms with van der Waals surface area (Å²) in [6.07, 6.45) is 3.43. The van der Waals surface area contributed by atoms with Crippen molar-refractivity contribution in [2.45, 2.75) is 18.4 Å². The molecule has 6 heteroatoms. The number of benzene rings is 1. The molecule has 0 aliphatic heterocycles. The maximum Gasteiger partial charge on any atom is 0.273 e. The van der Waals surface area contributed by atoms with Gasteiger partial charge in [-0.25, -0.2) is 0 Å². The zero-order chi connectivity index (χ0) is 17.3. The van der Waals surface area contributed by atoms with E-state index in [1.54, 1.807) is 12.1 Å². The Labute approximate surface area is 144 Å². The third-order valence-corrected chi connectivity index (χ3v) is 4.55. The van der Waals surface area contributed by atoms with Crippen molar-refractivity contribution in [1.82, 2.24) is 10.5 Å². The molecule has 1 saturated carbocycles. The number of aromatic nitrogens is 1. The lowest BCUT2D eigenvalue weighted by Gasteiger charge is -2.29. The molecule has 4 rings (SSSR count). The second-order valence-corrected chi connectivity index (χ2v) is 6.30. The Morgan fingerprint density at radius 1 is 1.20 bits per heavy atom. The van der Waals surface area contributed by atoms with Crippen LogP contribution in [0.5, 0.6) is 0 Å². The summed E-state index contributed by atoms with van der Waals surface area (Å²) in [4.78, 5) is 12.4. The summed E-state index contributed by atoms with van der Waals surface area (Å²) >= 11 is 0. The molecule has 1 amide bonds. The molecule has 0 saturated heterocycles. The Hall–Kier alpha value is -2.86. The van der Waals surface area contributed by atoms with Crippen LogP contribution in [0.2, 0.25) is 0 Å². The van der Waals surface area contributed by atoms with Crippen LogP contribution in [0.3, 0.4) is 0 Å². The number of nitrogens with one attached hydrogen (secondary N) is 1. The van der Waals surface area contributed by atoms with Gasteiger partial charge in [0.05, 0.1) is 12.8 Å². The van der Waals surface area contributed by atoms with Crippen LogP contribution in [-0.2, 0) is 5.60 Å². The number of hydrogen-bond donors (Lipinski definition) is 2. The fourth-order valence-electron chi connectivity index (χ4n) is 2.99. The molecular formula is C19H18N2O4. The number of carbonyl (C=O) groups excluding carboxylic acids is 1. The second kappa shape index (κ2) is 6.22. The zero-order valence-electron chi connectivity index (χ0n) is 13.5. The zero-order valence-corrected chi connectivity index (χ0v) is 13.5. The third-order valence-electron chi connectivity index (χ3n) is 4.55. The molecule has 25 heavy (non-hydrogen) atoms. The summed E-state index contributed by atoms with van der Waals surface area (Å²) in [5.74, 6) is 0.656. The van der Waals surface area contributed by atoms with E-state index < -0.39 is 11.5 Å². The molecule has 6 nitrogen and oxygen atoms in total. The summed E-state index contributed by atoms with van der Waals surface area (Å²) in [5.41, 5.74) is -0.100. The van der Waals surface area contributed by atoms with Gasteiger partial charge in [-0.3, -0.25) is 4.79 Å². The van der Waals surface area contributed by atoms with Gasteiger partial charge in [-0.1, -0.05) is 35.5 Å². The van der Waals surface area contributed by atoms with Gasteiger partial charge in [0.2, 0.25) is 5.76 Å². The number of rotatable bonds is 6. The first-order chi connectivity index (χ1) is 12.2. The minimum Gasteiger partial charge on any atom is -0.461 e. The number of carbonyl (C=O) groups is 1. The molecule has 2 N–H and O–H groups in total. The van der Waals surface area contributed by atoms with E-state index in [9.17, 15) is 9.90 Å². The molecule has 3 aromatic rings. The molecule has 0 unspecified atom stereocenters. The van der Waals surface area contributed by atoms with Crippen LogP contribution >= 0.6 is 0 Å². The highest BCUT2D eigenvalue weighted by molar-refractivity contribution is 5.93. The van der Waals surface area contributed by atoms with Gasteiger partial charge in [-0.15, -0.1) is 0 Å². The minimum absolute atomic E-state index is 0.128. The van der Waals surface area contributed by atoms with E-state index in [0.717, 1.165) is 18.4 Å². The van der Waals surface area contributed by atoms with Crippen molar-refractivity contribution < 1.29 is 18.8 Å². The van der Waals surface area contributed by atoms with Crippen LogP contribution in [-0.4, -0.2) is 22.7 Å². The van der Waals surface area contributed by atoms with Gasteiger partial charge in [0.15, 0.2) is 11.5 Å². The monoisotopic (exact) mass is 338 g/mol. The lowest BCUT2D eigenvalue weighted by Crippen LogP contribution is -2.42. The van der Waals surface area contributed by atoms with Crippen LogP contribution in [0.1, 0.15) is 28.9 Å². The van der Waals surface area contributed by atoms with Gasteiger partial charge in [-0.05, 0) is 36.5 Å². The highest BCUT2D eigenvalue weighted by Crippen LogP contribution is 2.45. The standard InChI is InChI=1S/C19H18N2O4/c22-18(15-11-17(25-21-15)16-7-4-10-24-16)20-12-19(23,14-8-9-14)13-5-2-1-3-6-13/h1-7,10-11,14,23H,8-9,12H2,(H,20,22)/t19-/m0/s1. The van der Waals surface area contributed by atoms with Crippen molar-refractivity contribution in [3.05, 3.63) is 66.1 Å². The van der Waals surface area contributed by atoms with Crippen molar-refractivity contribution in [2.75, 3.05) is 6.54 Å². The van der Waals surface area contributed by atoms with Crippen molar-refractivity contribution in [3.8, 4) is 11.5 Å². The number of hydrogen-bond acceptors (Lipinski definition) is 5. The molecule has 0 bridgehead atoms. The van der Waals surface area contributed by atoms with E-state index in [1.165, 1.54) is 12.3 Å². The fraction of sp³-hybridized carbons (Fsp3) is 0.263. The smallest absolute Gasteiger partial charge is 0.273 e. The molecule has 1 atom stereocenters. The molecule has 1 aliphatic rings. The molecular weight excluding hydrogens is 320 g/mol. The van der Waals surface area contributed by atoms with Crippen LogP contribution in [0.4, 0.5) is 0 Å². The Morgan fingerprint density at radius 3 is 2.68 bits per heavy atom. The lowest BCUT2D eigenvalue weighted by atomic mass is 9.88. The van der Waals surface area contributed by atoms with Crippen LogP contribution in [0, 0.1) is 5.92 Å². The molecule has 2 aromatic heterocycles. The van der Waals surface area contributed by atoms with Gasteiger partial charge >= 0.3 is 0 Å². The molecule has 1 aliphatic carbocycles.